The molecular weight excluding hydrogens is 226 g/mol. The summed E-state index contributed by atoms with van der Waals surface area (Å²) in [7, 11) is 0. The van der Waals surface area contributed by atoms with Gasteiger partial charge in [0.2, 0.25) is 5.91 Å². The molecular formula is C10H21N3O2S. The molecule has 0 aromatic carbocycles. The molecule has 0 fully saturated rings. The number of rotatable bonds is 7. The molecule has 1 atom stereocenters. The SMILES string of the molecule is CSCC[C@H](NC(C)=O)C(=O)NNC(C)C. The van der Waals surface area contributed by atoms with Gasteiger partial charge in [-0.05, 0) is 32.3 Å². The van der Waals surface area contributed by atoms with Crippen molar-refractivity contribution in [3.05, 3.63) is 0 Å². The van der Waals surface area contributed by atoms with Crippen LogP contribution in [0.2, 0.25) is 0 Å². The van der Waals surface area contributed by atoms with Crippen LogP contribution in [0.25, 0.3) is 0 Å². The fraction of sp³-hybridized carbons (Fsp3) is 0.800. The Balaban J connectivity index is 4.14. The van der Waals surface area contributed by atoms with Gasteiger partial charge >= 0.3 is 0 Å². The van der Waals surface area contributed by atoms with Gasteiger partial charge in [-0.25, -0.2) is 5.43 Å². The van der Waals surface area contributed by atoms with Crippen LogP contribution in [-0.2, 0) is 9.59 Å². The van der Waals surface area contributed by atoms with Crippen molar-refractivity contribution < 1.29 is 9.59 Å². The van der Waals surface area contributed by atoms with Gasteiger partial charge in [0, 0.05) is 13.0 Å². The lowest BCUT2D eigenvalue weighted by atomic mass is 10.2. The van der Waals surface area contributed by atoms with Crippen molar-refractivity contribution >= 4 is 23.6 Å². The molecule has 0 radical (unpaired) electrons. The number of hydrogen-bond donors (Lipinski definition) is 3. The van der Waals surface area contributed by atoms with Crippen LogP contribution < -0.4 is 16.2 Å². The Labute approximate surface area is 101 Å². The number of carbonyl (C=O) groups excluding carboxylic acids is 2. The summed E-state index contributed by atoms with van der Waals surface area (Å²) in [6, 6.07) is -0.293. The Bertz CT molecular complexity index is 234. The molecule has 5 nitrogen and oxygen atoms in total. The first kappa shape index (κ1) is 15.2. The smallest absolute Gasteiger partial charge is 0.256 e. The van der Waals surface area contributed by atoms with E-state index in [4.69, 9.17) is 0 Å². The molecule has 0 aromatic rings. The summed E-state index contributed by atoms with van der Waals surface area (Å²) >= 11 is 1.65. The van der Waals surface area contributed by atoms with Crippen LogP contribution in [0.1, 0.15) is 27.2 Å². The molecule has 0 bridgehead atoms. The van der Waals surface area contributed by atoms with E-state index in [-0.39, 0.29) is 17.9 Å². The third-order valence-electron chi connectivity index (χ3n) is 1.79. The monoisotopic (exact) mass is 247 g/mol. The average Bonchev–Trinajstić information content (AvgIpc) is 2.20. The molecule has 0 saturated heterocycles. The van der Waals surface area contributed by atoms with E-state index in [0.717, 1.165) is 5.75 Å². The molecule has 3 N–H and O–H groups in total. The van der Waals surface area contributed by atoms with Crippen LogP contribution in [0.4, 0.5) is 0 Å². The van der Waals surface area contributed by atoms with Gasteiger partial charge in [-0.15, -0.1) is 0 Å². The minimum absolute atomic E-state index is 0.169. The van der Waals surface area contributed by atoms with Crippen LogP contribution in [0, 0.1) is 0 Å². The van der Waals surface area contributed by atoms with Crippen molar-refractivity contribution in [1.29, 1.82) is 0 Å². The number of hydrazine groups is 1. The highest BCUT2D eigenvalue weighted by molar-refractivity contribution is 7.98. The zero-order valence-electron chi connectivity index (χ0n) is 10.3. The molecule has 0 saturated carbocycles. The summed E-state index contributed by atoms with van der Waals surface area (Å²) in [5.41, 5.74) is 5.40. The second-order valence-corrected chi connectivity index (χ2v) is 4.81. The Kier molecular flexibility index (Phi) is 8.01. The summed E-state index contributed by atoms with van der Waals surface area (Å²) in [4.78, 5) is 22.6. The zero-order valence-corrected chi connectivity index (χ0v) is 11.1. The van der Waals surface area contributed by atoms with Gasteiger partial charge in [0.05, 0.1) is 0 Å². The number of nitrogens with one attached hydrogen (secondary N) is 3. The minimum atomic E-state index is -0.462. The second-order valence-electron chi connectivity index (χ2n) is 3.82. The van der Waals surface area contributed by atoms with Gasteiger partial charge in [0.15, 0.2) is 0 Å². The Morgan fingerprint density at radius 2 is 1.94 bits per heavy atom. The standard InChI is InChI=1S/C10H21N3O2S/c1-7(2)12-13-10(15)9(5-6-16-4)11-8(3)14/h7,9,12H,5-6H2,1-4H3,(H,11,14)(H,13,15)/t9-/m0/s1. The molecule has 0 aliphatic heterocycles. The van der Waals surface area contributed by atoms with E-state index in [9.17, 15) is 9.59 Å². The number of amides is 2. The second kappa shape index (κ2) is 8.41. The van der Waals surface area contributed by atoms with E-state index in [1.54, 1.807) is 11.8 Å². The van der Waals surface area contributed by atoms with E-state index >= 15 is 0 Å². The topological polar surface area (TPSA) is 70.2 Å². The Hall–Kier alpha value is -0.750. The maximum absolute atomic E-state index is 11.7. The molecule has 16 heavy (non-hydrogen) atoms. The van der Waals surface area contributed by atoms with Gasteiger partial charge in [-0.1, -0.05) is 0 Å². The maximum Gasteiger partial charge on any atom is 0.256 e. The van der Waals surface area contributed by atoms with Crippen LogP contribution in [0.15, 0.2) is 0 Å². The quantitative estimate of drug-likeness (QED) is 0.565. The third-order valence-corrected chi connectivity index (χ3v) is 2.43. The molecule has 6 heteroatoms. The largest absolute Gasteiger partial charge is 0.344 e. The molecule has 0 aliphatic carbocycles. The lowest BCUT2D eigenvalue weighted by Gasteiger charge is -2.18. The van der Waals surface area contributed by atoms with Crippen molar-refractivity contribution in [1.82, 2.24) is 16.2 Å². The molecule has 2 amide bonds. The highest BCUT2D eigenvalue weighted by Gasteiger charge is 2.18. The normalized spacial score (nSPS) is 12.3. The van der Waals surface area contributed by atoms with E-state index in [0.29, 0.717) is 6.42 Å². The van der Waals surface area contributed by atoms with Gasteiger partial charge < -0.3 is 5.32 Å². The van der Waals surface area contributed by atoms with E-state index in [1.165, 1.54) is 6.92 Å². The Morgan fingerprint density at radius 1 is 1.31 bits per heavy atom. The highest BCUT2D eigenvalue weighted by Crippen LogP contribution is 2.00. The van der Waals surface area contributed by atoms with Gasteiger partial charge in [0.25, 0.3) is 5.91 Å². The van der Waals surface area contributed by atoms with E-state index in [2.05, 4.69) is 16.2 Å². The molecule has 0 spiro atoms. The fourth-order valence-corrected chi connectivity index (χ4v) is 1.52. The van der Waals surface area contributed by atoms with E-state index in [1.807, 2.05) is 20.1 Å². The van der Waals surface area contributed by atoms with Crippen molar-refractivity contribution in [2.45, 2.75) is 39.3 Å². The van der Waals surface area contributed by atoms with Crippen molar-refractivity contribution in [2.75, 3.05) is 12.0 Å². The highest BCUT2D eigenvalue weighted by atomic mass is 32.2. The summed E-state index contributed by atoms with van der Waals surface area (Å²) in [6.07, 6.45) is 2.60. The lowest BCUT2D eigenvalue weighted by molar-refractivity contribution is -0.128. The molecule has 0 unspecified atom stereocenters. The van der Waals surface area contributed by atoms with Crippen molar-refractivity contribution in [3.8, 4) is 0 Å². The molecule has 94 valence electrons. The lowest BCUT2D eigenvalue weighted by Crippen LogP contribution is -2.52. The van der Waals surface area contributed by atoms with Crippen LogP contribution in [-0.4, -0.2) is 35.9 Å². The first-order chi connectivity index (χ1) is 7.47. The first-order valence-electron chi connectivity index (χ1n) is 5.28. The summed E-state index contributed by atoms with van der Waals surface area (Å²) in [5, 5.41) is 2.63. The molecule has 0 heterocycles. The summed E-state index contributed by atoms with van der Waals surface area (Å²) in [6.45, 7) is 5.26. The predicted octanol–water partition coefficient (Wildman–Crippen LogP) is 0.273. The number of thioether (sulfide) groups is 1. The molecule has 0 aromatic heterocycles. The minimum Gasteiger partial charge on any atom is -0.344 e. The van der Waals surface area contributed by atoms with Crippen LogP contribution in [0.3, 0.4) is 0 Å². The van der Waals surface area contributed by atoms with Crippen LogP contribution in [0.5, 0.6) is 0 Å². The molecule has 0 rings (SSSR count). The predicted molar refractivity (Wildman–Crippen MR) is 67.0 cm³/mol. The Morgan fingerprint density at radius 3 is 2.38 bits per heavy atom. The zero-order chi connectivity index (χ0) is 12.6. The fourth-order valence-electron chi connectivity index (χ4n) is 1.05. The van der Waals surface area contributed by atoms with E-state index < -0.39 is 6.04 Å². The van der Waals surface area contributed by atoms with Gasteiger partial charge in [-0.2, -0.15) is 11.8 Å². The van der Waals surface area contributed by atoms with Crippen molar-refractivity contribution in [3.63, 3.8) is 0 Å². The average molecular weight is 247 g/mol. The summed E-state index contributed by atoms with van der Waals surface area (Å²) in [5.74, 6) is 0.448. The van der Waals surface area contributed by atoms with Gasteiger partial charge in [0.1, 0.15) is 6.04 Å². The van der Waals surface area contributed by atoms with Gasteiger partial charge in [-0.3, -0.25) is 15.0 Å². The summed E-state index contributed by atoms with van der Waals surface area (Å²) < 4.78 is 0. The number of hydrogen-bond acceptors (Lipinski definition) is 4. The number of carbonyl (C=O) groups is 2. The third kappa shape index (κ3) is 7.53. The van der Waals surface area contributed by atoms with Crippen LogP contribution >= 0.6 is 11.8 Å². The maximum atomic E-state index is 11.7. The first-order valence-corrected chi connectivity index (χ1v) is 6.68. The van der Waals surface area contributed by atoms with Crippen molar-refractivity contribution in [2.24, 2.45) is 0 Å². The molecule has 0 aliphatic rings.